The van der Waals surface area contributed by atoms with E-state index in [2.05, 4.69) is 15.4 Å². The Balaban J connectivity index is 0.000000430. The molecule has 13 heteroatoms. The highest BCUT2D eigenvalue weighted by atomic mass is 35.5. The van der Waals surface area contributed by atoms with Crippen molar-refractivity contribution in [2.45, 2.75) is 84.1 Å². The fraction of sp³-hybridized carbons (Fsp3) is 0.433. The third-order valence-corrected chi connectivity index (χ3v) is 5.62. The average Bonchev–Trinajstić information content (AvgIpc) is 2.84. The van der Waals surface area contributed by atoms with Crippen molar-refractivity contribution in [3.63, 3.8) is 0 Å². The van der Waals surface area contributed by atoms with Crippen LogP contribution in [0.5, 0.6) is 0 Å². The number of carboxylic acid groups (broad SMARTS) is 1. The van der Waals surface area contributed by atoms with Crippen LogP contribution in [0, 0.1) is 5.53 Å². The number of Topliss-reactive ketones (excluding diaryl/α,β-unsaturated/α-hetero) is 1. The predicted molar refractivity (Wildman–Crippen MR) is 163 cm³/mol. The summed E-state index contributed by atoms with van der Waals surface area (Å²) in [6, 6.07) is 12.6. The van der Waals surface area contributed by atoms with Crippen molar-refractivity contribution in [1.29, 1.82) is 5.53 Å². The molecule has 0 saturated carbocycles. The number of nitrogens with zero attached hydrogens (tertiary/aromatic N) is 1. The summed E-state index contributed by atoms with van der Waals surface area (Å²) >= 11 is 11.6. The van der Waals surface area contributed by atoms with Gasteiger partial charge in [0.05, 0.1) is 16.7 Å². The van der Waals surface area contributed by atoms with Gasteiger partial charge < -0.3 is 25.2 Å². The normalized spacial score (nSPS) is 12.3. The smallest absolute Gasteiger partial charge is 0.408 e. The average molecular weight is 639 g/mol. The van der Waals surface area contributed by atoms with E-state index in [0.29, 0.717) is 16.5 Å². The van der Waals surface area contributed by atoms with Gasteiger partial charge in [0.1, 0.15) is 17.2 Å². The highest BCUT2D eigenvalue weighted by Crippen LogP contribution is 2.14. The maximum atomic E-state index is 11.9. The summed E-state index contributed by atoms with van der Waals surface area (Å²) in [7, 11) is 0. The van der Waals surface area contributed by atoms with Gasteiger partial charge in [0, 0.05) is 22.5 Å². The minimum absolute atomic E-state index is 0.179. The summed E-state index contributed by atoms with van der Waals surface area (Å²) in [6.45, 7) is 10.4. The topological polar surface area (TPSA) is 169 Å². The number of rotatable bonds is 10. The second kappa shape index (κ2) is 17.3. The third kappa shape index (κ3) is 17.6. The molecule has 2 amide bonds. The van der Waals surface area contributed by atoms with Crippen LogP contribution in [0.1, 0.15) is 59.1 Å². The van der Waals surface area contributed by atoms with Gasteiger partial charge in [-0.3, -0.25) is 9.59 Å². The van der Waals surface area contributed by atoms with E-state index in [4.69, 9.17) is 43.3 Å². The predicted octanol–water partition coefficient (Wildman–Crippen LogP) is 5.91. The van der Waals surface area contributed by atoms with E-state index in [1.54, 1.807) is 90.1 Å². The molecule has 0 fully saturated rings. The number of aliphatic carboxylic acids is 1. The molecule has 0 aromatic heterocycles. The summed E-state index contributed by atoms with van der Waals surface area (Å²) in [5.41, 5.74) is 7.16. The van der Waals surface area contributed by atoms with Crippen molar-refractivity contribution in [2.24, 2.45) is 0 Å². The van der Waals surface area contributed by atoms with Gasteiger partial charge in [-0.25, -0.2) is 9.59 Å². The van der Waals surface area contributed by atoms with Gasteiger partial charge in [0.25, 0.3) is 5.78 Å². The number of carbonyl (C=O) groups is 4. The minimum Gasteiger partial charge on any atom is -0.481 e. The van der Waals surface area contributed by atoms with Crippen LogP contribution in [0.4, 0.5) is 9.59 Å². The maximum absolute atomic E-state index is 11.9. The van der Waals surface area contributed by atoms with E-state index in [1.165, 1.54) is 0 Å². The van der Waals surface area contributed by atoms with Gasteiger partial charge in [-0.05, 0) is 83.4 Å². The quantitative estimate of drug-likeness (QED) is 0.143. The number of ketones is 1. The van der Waals surface area contributed by atoms with Crippen LogP contribution in [-0.2, 0) is 31.9 Å². The van der Waals surface area contributed by atoms with Crippen LogP contribution in [0.15, 0.2) is 48.5 Å². The number of alkyl carbamates (subject to hydrolysis) is 2. The molecule has 0 unspecified atom stereocenters. The summed E-state index contributed by atoms with van der Waals surface area (Å²) in [6.07, 6.45) is 0.00461. The zero-order valence-corrected chi connectivity index (χ0v) is 26.6. The number of hydrogen-bond acceptors (Lipinski definition) is 7. The number of nitrogens with one attached hydrogen (secondary N) is 3. The standard InChI is InChI=1S/C15H18ClN3O3.C15H20ClNO4/c1-15(2,3)22-14(21)19-12(13(20)9-18-17)8-10-4-6-11(16)7-5-10;1-15(2,3)21-14(20)17-12(9-13(18)19)8-10-4-6-11(16)7-5-10/h4-7,9,12,17H,8H2,1-3H3;4-7,12H,8-9H2,1-3H3,(H,17,20)(H,18,19)/p+1/t2*12-/m00/s1. The molecule has 2 atom stereocenters. The molecule has 43 heavy (non-hydrogen) atoms. The molecule has 2 aromatic carbocycles. The first-order valence-electron chi connectivity index (χ1n) is 13.3. The third-order valence-electron chi connectivity index (χ3n) is 5.12. The summed E-state index contributed by atoms with van der Waals surface area (Å²) < 4.78 is 10.3. The molecule has 0 aliphatic rings. The Labute approximate surface area is 261 Å². The number of hydrogen-bond donors (Lipinski definition) is 4. The number of benzene rings is 2. The largest absolute Gasteiger partial charge is 0.481 e. The van der Waals surface area contributed by atoms with Crippen molar-refractivity contribution in [3.8, 4) is 0 Å². The Morgan fingerprint density at radius 2 is 1.23 bits per heavy atom. The Hall–Kier alpha value is -3.92. The van der Waals surface area contributed by atoms with Crippen LogP contribution in [-0.4, -0.2) is 63.3 Å². The van der Waals surface area contributed by atoms with E-state index in [0.717, 1.165) is 17.3 Å². The fourth-order valence-electron chi connectivity index (χ4n) is 3.45. The SMILES string of the molecule is CC(C)(C)OC(=O)N[C@@H](Cc1ccc(Cl)cc1)C(=O)C=[N+]=N.CC(C)(C)OC(=O)N[C@H](CC(=O)O)Cc1ccc(Cl)cc1. The number of carbonyl (C=O) groups excluding carboxylic acids is 3. The van der Waals surface area contributed by atoms with Crippen LogP contribution in [0.2, 0.25) is 10.0 Å². The lowest BCUT2D eigenvalue weighted by Gasteiger charge is -2.23. The van der Waals surface area contributed by atoms with Gasteiger partial charge in [-0.15, -0.1) is 0 Å². The highest BCUT2D eigenvalue weighted by Gasteiger charge is 2.26. The van der Waals surface area contributed by atoms with Crippen molar-refractivity contribution in [2.75, 3.05) is 0 Å². The molecule has 4 N–H and O–H groups in total. The van der Waals surface area contributed by atoms with Gasteiger partial charge in [0.2, 0.25) is 0 Å². The monoisotopic (exact) mass is 637 g/mol. The minimum atomic E-state index is -0.981. The van der Waals surface area contributed by atoms with Gasteiger partial charge in [-0.1, -0.05) is 47.5 Å². The van der Waals surface area contributed by atoms with Crippen molar-refractivity contribution >= 4 is 53.4 Å². The van der Waals surface area contributed by atoms with Crippen LogP contribution in [0.25, 0.3) is 0 Å². The Morgan fingerprint density at radius 3 is 1.63 bits per heavy atom. The molecule has 234 valence electrons. The number of halogens is 2. The molecule has 2 rings (SSSR count). The van der Waals surface area contributed by atoms with E-state index < -0.39 is 47.2 Å². The Bertz CT molecular complexity index is 1280. The first-order valence-corrected chi connectivity index (χ1v) is 14.1. The molecule has 0 aliphatic carbocycles. The summed E-state index contributed by atoms with van der Waals surface area (Å²) in [4.78, 5) is 49.4. The van der Waals surface area contributed by atoms with E-state index >= 15 is 0 Å². The fourth-order valence-corrected chi connectivity index (χ4v) is 3.70. The molecule has 0 radical (unpaired) electrons. The van der Waals surface area contributed by atoms with Gasteiger partial charge in [0.15, 0.2) is 0 Å². The van der Waals surface area contributed by atoms with E-state index in [1.807, 2.05) is 0 Å². The lowest BCUT2D eigenvalue weighted by atomic mass is 10.0. The summed E-state index contributed by atoms with van der Waals surface area (Å²) in [5.74, 6) is -1.46. The van der Waals surface area contributed by atoms with E-state index in [9.17, 15) is 19.2 Å². The second-order valence-electron chi connectivity index (χ2n) is 11.5. The molecule has 2 aromatic rings. The van der Waals surface area contributed by atoms with Crippen LogP contribution >= 0.6 is 23.2 Å². The van der Waals surface area contributed by atoms with Crippen molar-refractivity contribution in [3.05, 3.63) is 69.7 Å². The molecule has 0 saturated heterocycles. The van der Waals surface area contributed by atoms with Crippen molar-refractivity contribution in [1.82, 2.24) is 10.6 Å². The van der Waals surface area contributed by atoms with Gasteiger partial charge >= 0.3 is 24.4 Å². The molecule has 0 heterocycles. The first kappa shape index (κ1) is 37.1. The molecule has 0 bridgehead atoms. The Morgan fingerprint density at radius 1 is 0.814 bits per heavy atom. The van der Waals surface area contributed by atoms with Gasteiger partial charge in [-0.2, -0.15) is 0 Å². The Kier molecular flexibility index (Phi) is 14.9. The lowest BCUT2D eigenvalue weighted by Crippen LogP contribution is -2.45. The maximum Gasteiger partial charge on any atom is 0.408 e. The van der Waals surface area contributed by atoms with Crippen LogP contribution < -0.4 is 10.6 Å². The number of amides is 2. The van der Waals surface area contributed by atoms with Crippen molar-refractivity contribution < 1.29 is 38.5 Å². The zero-order valence-electron chi connectivity index (χ0n) is 25.1. The molecule has 0 aliphatic heterocycles. The number of carboxylic acids is 1. The number of ether oxygens (including phenoxy) is 2. The first-order chi connectivity index (χ1) is 19.9. The molecule has 11 nitrogen and oxygen atoms in total. The van der Waals surface area contributed by atoms with Crippen LogP contribution in [0.3, 0.4) is 0 Å². The second-order valence-corrected chi connectivity index (χ2v) is 12.3. The zero-order chi connectivity index (χ0) is 32.8. The lowest BCUT2D eigenvalue weighted by molar-refractivity contribution is -0.137. The van der Waals surface area contributed by atoms with E-state index in [-0.39, 0.29) is 12.8 Å². The highest BCUT2D eigenvalue weighted by molar-refractivity contribution is 6.31. The molecule has 0 spiro atoms. The molecular formula is C30H39Cl2N4O7+. The summed E-state index contributed by atoms with van der Waals surface area (Å²) in [5, 5.41) is 15.2. The molecular weight excluding hydrogens is 599 g/mol.